The van der Waals surface area contributed by atoms with Crippen molar-refractivity contribution in [1.29, 1.82) is 0 Å². The van der Waals surface area contributed by atoms with E-state index >= 15 is 0 Å². The Morgan fingerprint density at radius 2 is 2.33 bits per heavy atom. The zero-order chi connectivity index (χ0) is 14.7. The van der Waals surface area contributed by atoms with E-state index in [-0.39, 0.29) is 11.8 Å². The number of hydrogen-bond acceptors (Lipinski definition) is 3. The lowest BCUT2D eigenvalue weighted by Gasteiger charge is -2.09. The first kappa shape index (κ1) is 14.1. The molecule has 1 aliphatic rings. The van der Waals surface area contributed by atoms with Gasteiger partial charge < -0.3 is 15.2 Å². The quantitative estimate of drug-likeness (QED) is 0.813. The van der Waals surface area contributed by atoms with Crippen molar-refractivity contribution in [2.24, 2.45) is 13.0 Å². The Kier molecular flexibility index (Phi) is 4.20. The summed E-state index contributed by atoms with van der Waals surface area (Å²) in [6, 6.07) is 8.16. The van der Waals surface area contributed by atoms with Gasteiger partial charge in [0.25, 0.3) is 0 Å². The Hall–Kier alpha value is -1.88. The summed E-state index contributed by atoms with van der Waals surface area (Å²) in [6.07, 6.45) is 2.76. The maximum absolute atomic E-state index is 11.9. The third-order valence-corrected chi connectivity index (χ3v) is 4.19. The van der Waals surface area contributed by atoms with Crippen LogP contribution in [0, 0.1) is 5.92 Å². The number of carbonyl (C=O) groups excluding carboxylic acids is 1. The van der Waals surface area contributed by atoms with Gasteiger partial charge in [-0.25, -0.2) is 4.98 Å². The highest BCUT2D eigenvalue weighted by atomic mass is 16.1. The monoisotopic (exact) mass is 286 g/mol. The van der Waals surface area contributed by atoms with Gasteiger partial charge in [0.15, 0.2) is 0 Å². The van der Waals surface area contributed by atoms with E-state index < -0.39 is 0 Å². The summed E-state index contributed by atoms with van der Waals surface area (Å²) >= 11 is 0. The average Bonchev–Trinajstić information content (AvgIpc) is 3.13. The molecule has 1 saturated heterocycles. The van der Waals surface area contributed by atoms with Gasteiger partial charge in [-0.15, -0.1) is 0 Å². The van der Waals surface area contributed by atoms with Gasteiger partial charge >= 0.3 is 0 Å². The van der Waals surface area contributed by atoms with E-state index in [4.69, 9.17) is 0 Å². The van der Waals surface area contributed by atoms with Crippen LogP contribution in [0.25, 0.3) is 11.0 Å². The van der Waals surface area contributed by atoms with Crippen molar-refractivity contribution < 1.29 is 4.79 Å². The van der Waals surface area contributed by atoms with Crippen LogP contribution in [0.15, 0.2) is 24.3 Å². The van der Waals surface area contributed by atoms with Crippen molar-refractivity contribution in [3.63, 3.8) is 0 Å². The number of amides is 1. The van der Waals surface area contributed by atoms with Crippen LogP contribution in [0.5, 0.6) is 0 Å². The van der Waals surface area contributed by atoms with E-state index in [9.17, 15) is 4.79 Å². The summed E-state index contributed by atoms with van der Waals surface area (Å²) in [5.74, 6) is 1.42. The lowest BCUT2D eigenvalue weighted by Crippen LogP contribution is -2.32. The minimum Gasteiger partial charge on any atom is -0.356 e. The fraction of sp³-hybridized carbons (Fsp3) is 0.500. The molecule has 1 unspecified atom stereocenters. The van der Waals surface area contributed by atoms with Gasteiger partial charge in [0.2, 0.25) is 5.91 Å². The van der Waals surface area contributed by atoms with Crippen molar-refractivity contribution >= 4 is 16.9 Å². The lowest BCUT2D eigenvalue weighted by atomic mass is 10.1. The van der Waals surface area contributed by atoms with Crippen molar-refractivity contribution in [3.8, 4) is 0 Å². The number of nitrogens with zero attached hydrogens (tertiary/aromatic N) is 2. The molecule has 3 rings (SSSR count). The van der Waals surface area contributed by atoms with Gasteiger partial charge in [0, 0.05) is 26.6 Å². The van der Waals surface area contributed by atoms with E-state index in [1.54, 1.807) is 0 Å². The number of nitrogens with one attached hydrogen (secondary N) is 2. The van der Waals surface area contributed by atoms with E-state index in [2.05, 4.69) is 26.3 Å². The highest BCUT2D eigenvalue weighted by Crippen LogP contribution is 2.15. The molecule has 1 amide bonds. The first-order valence-electron chi connectivity index (χ1n) is 7.64. The van der Waals surface area contributed by atoms with Crippen LogP contribution in [-0.4, -0.2) is 35.1 Å². The first-order chi connectivity index (χ1) is 10.3. The summed E-state index contributed by atoms with van der Waals surface area (Å²) in [5.41, 5.74) is 2.20. The molecule has 2 heterocycles. The third-order valence-electron chi connectivity index (χ3n) is 4.19. The molecule has 1 aromatic carbocycles. The molecule has 5 heteroatoms. The summed E-state index contributed by atoms with van der Waals surface area (Å²) in [5, 5.41) is 6.25. The fourth-order valence-electron chi connectivity index (χ4n) is 2.90. The molecule has 1 fully saturated rings. The van der Waals surface area contributed by atoms with Gasteiger partial charge in [-0.3, -0.25) is 4.79 Å². The Morgan fingerprint density at radius 3 is 3.10 bits per heavy atom. The molecule has 112 valence electrons. The summed E-state index contributed by atoms with van der Waals surface area (Å²) < 4.78 is 2.14. The topological polar surface area (TPSA) is 59.0 Å². The highest BCUT2D eigenvalue weighted by molar-refractivity contribution is 5.79. The number of para-hydroxylation sites is 2. The number of hydrogen-bond donors (Lipinski definition) is 2. The number of fused-ring (bicyclic) bond motifs is 1. The largest absolute Gasteiger partial charge is 0.356 e. The van der Waals surface area contributed by atoms with Gasteiger partial charge in [-0.1, -0.05) is 12.1 Å². The number of imidazole rings is 1. The van der Waals surface area contributed by atoms with Crippen LogP contribution in [0.4, 0.5) is 0 Å². The minimum atomic E-state index is 0.153. The Bertz CT molecular complexity index is 628. The van der Waals surface area contributed by atoms with Crippen LogP contribution in [0.2, 0.25) is 0 Å². The average molecular weight is 286 g/mol. The predicted molar refractivity (Wildman–Crippen MR) is 83.0 cm³/mol. The molecule has 0 radical (unpaired) electrons. The van der Waals surface area contributed by atoms with Gasteiger partial charge in [-0.05, 0) is 31.5 Å². The Labute approximate surface area is 124 Å². The SMILES string of the molecule is Cn1c(CCCNC(=O)C2CCNC2)nc2ccccc21. The molecule has 0 bridgehead atoms. The molecule has 1 atom stereocenters. The smallest absolute Gasteiger partial charge is 0.224 e. The molecule has 1 aliphatic heterocycles. The Morgan fingerprint density at radius 1 is 1.48 bits per heavy atom. The number of benzene rings is 1. The number of aromatic nitrogens is 2. The summed E-state index contributed by atoms with van der Waals surface area (Å²) in [7, 11) is 2.05. The molecule has 2 N–H and O–H groups in total. The van der Waals surface area contributed by atoms with Crippen LogP contribution in [0.1, 0.15) is 18.7 Å². The Balaban J connectivity index is 1.50. The number of carbonyl (C=O) groups is 1. The number of rotatable bonds is 5. The van der Waals surface area contributed by atoms with Crippen molar-refractivity contribution in [1.82, 2.24) is 20.2 Å². The van der Waals surface area contributed by atoms with E-state index in [1.165, 1.54) is 0 Å². The summed E-state index contributed by atoms with van der Waals surface area (Å²) in [4.78, 5) is 16.5. The van der Waals surface area contributed by atoms with E-state index in [0.29, 0.717) is 0 Å². The molecule has 1 aromatic heterocycles. The molecule has 21 heavy (non-hydrogen) atoms. The zero-order valence-corrected chi connectivity index (χ0v) is 12.4. The molecule has 0 saturated carbocycles. The zero-order valence-electron chi connectivity index (χ0n) is 12.4. The molecule has 0 spiro atoms. The van der Waals surface area contributed by atoms with E-state index in [0.717, 1.165) is 55.8 Å². The highest BCUT2D eigenvalue weighted by Gasteiger charge is 2.21. The predicted octanol–water partition coefficient (Wildman–Crippen LogP) is 1.23. The van der Waals surface area contributed by atoms with Crippen LogP contribution < -0.4 is 10.6 Å². The molecular formula is C16H22N4O. The fourth-order valence-corrected chi connectivity index (χ4v) is 2.90. The number of aryl methyl sites for hydroxylation is 2. The molecule has 5 nitrogen and oxygen atoms in total. The molecule has 0 aliphatic carbocycles. The normalized spacial score (nSPS) is 18.2. The maximum Gasteiger partial charge on any atom is 0.224 e. The van der Waals surface area contributed by atoms with Crippen LogP contribution in [0.3, 0.4) is 0 Å². The second kappa shape index (κ2) is 6.26. The second-order valence-corrected chi connectivity index (χ2v) is 5.66. The van der Waals surface area contributed by atoms with Gasteiger partial charge in [0.1, 0.15) is 5.82 Å². The maximum atomic E-state index is 11.9. The lowest BCUT2D eigenvalue weighted by molar-refractivity contribution is -0.124. The van der Waals surface area contributed by atoms with Crippen molar-refractivity contribution in [2.75, 3.05) is 19.6 Å². The molecular weight excluding hydrogens is 264 g/mol. The van der Waals surface area contributed by atoms with E-state index in [1.807, 2.05) is 25.2 Å². The van der Waals surface area contributed by atoms with Crippen LogP contribution in [-0.2, 0) is 18.3 Å². The van der Waals surface area contributed by atoms with Gasteiger partial charge in [0.05, 0.1) is 17.0 Å². The van der Waals surface area contributed by atoms with Crippen LogP contribution >= 0.6 is 0 Å². The van der Waals surface area contributed by atoms with Crippen molar-refractivity contribution in [3.05, 3.63) is 30.1 Å². The summed E-state index contributed by atoms with van der Waals surface area (Å²) in [6.45, 7) is 2.49. The molecule has 2 aromatic rings. The third kappa shape index (κ3) is 3.08. The first-order valence-corrected chi connectivity index (χ1v) is 7.64. The standard InChI is InChI=1S/C16H22N4O/c1-20-14-6-3-2-5-13(14)19-15(20)7-4-9-18-16(21)12-8-10-17-11-12/h2-3,5-6,12,17H,4,7-11H2,1H3,(H,18,21). The minimum absolute atomic E-state index is 0.153. The van der Waals surface area contributed by atoms with Crippen molar-refractivity contribution in [2.45, 2.75) is 19.3 Å². The second-order valence-electron chi connectivity index (χ2n) is 5.66. The van der Waals surface area contributed by atoms with Gasteiger partial charge in [-0.2, -0.15) is 0 Å².